The Kier molecular flexibility index (Phi) is 8.90. The van der Waals surface area contributed by atoms with Crippen molar-refractivity contribution in [1.29, 1.82) is 0 Å². The van der Waals surface area contributed by atoms with Crippen molar-refractivity contribution in [3.63, 3.8) is 0 Å². The first-order valence-corrected chi connectivity index (χ1v) is 10.7. The summed E-state index contributed by atoms with van der Waals surface area (Å²) in [5.74, 6) is 1.24. The molecule has 0 radical (unpaired) electrons. The lowest BCUT2D eigenvalue weighted by molar-refractivity contribution is 0.0384. The molecule has 7 heteroatoms. The Hall–Kier alpha value is -1.50. The molecule has 1 heterocycles. The van der Waals surface area contributed by atoms with Crippen LogP contribution in [0, 0.1) is 0 Å². The van der Waals surface area contributed by atoms with Crippen molar-refractivity contribution in [3.05, 3.63) is 57.6 Å². The van der Waals surface area contributed by atoms with Gasteiger partial charge in [0.05, 0.1) is 24.8 Å². The summed E-state index contributed by atoms with van der Waals surface area (Å²) in [5, 5.41) is 4.73. The van der Waals surface area contributed by atoms with Crippen LogP contribution in [0.1, 0.15) is 18.1 Å². The first-order valence-electron chi connectivity index (χ1n) is 9.99. The molecule has 5 nitrogen and oxygen atoms in total. The smallest absolute Gasteiger partial charge is 0.180 e. The van der Waals surface area contributed by atoms with Crippen LogP contribution in [0.15, 0.2) is 36.4 Å². The fourth-order valence-corrected chi connectivity index (χ4v) is 3.57. The second-order valence-corrected chi connectivity index (χ2v) is 7.73. The van der Waals surface area contributed by atoms with Crippen molar-refractivity contribution in [3.8, 4) is 11.5 Å². The van der Waals surface area contributed by atoms with Crippen LogP contribution in [-0.4, -0.2) is 50.9 Å². The van der Waals surface area contributed by atoms with Crippen LogP contribution in [-0.2, 0) is 17.9 Å². The zero-order chi connectivity index (χ0) is 20.5. The van der Waals surface area contributed by atoms with Crippen LogP contribution >= 0.6 is 23.2 Å². The summed E-state index contributed by atoms with van der Waals surface area (Å²) < 4.78 is 17.1. The van der Waals surface area contributed by atoms with Crippen LogP contribution in [0.3, 0.4) is 0 Å². The minimum absolute atomic E-state index is 0.397. The van der Waals surface area contributed by atoms with Gasteiger partial charge in [0.2, 0.25) is 0 Å². The maximum atomic E-state index is 6.52. The topological polar surface area (TPSA) is 43.0 Å². The van der Waals surface area contributed by atoms with Gasteiger partial charge in [-0.15, -0.1) is 0 Å². The van der Waals surface area contributed by atoms with Crippen LogP contribution in [0.5, 0.6) is 11.5 Å². The fourth-order valence-electron chi connectivity index (χ4n) is 3.16. The Morgan fingerprint density at radius 1 is 1.03 bits per heavy atom. The molecule has 0 saturated carbocycles. The minimum atomic E-state index is 0.397. The Bertz CT molecular complexity index is 765. The number of hydrogen-bond donors (Lipinski definition) is 1. The summed E-state index contributed by atoms with van der Waals surface area (Å²) in [6, 6.07) is 11.5. The van der Waals surface area contributed by atoms with Gasteiger partial charge in [0.1, 0.15) is 6.61 Å². The highest BCUT2D eigenvalue weighted by Gasteiger charge is 2.14. The van der Waals surface area contributed by atoms with Gasteiger partial charge in [-0.2, -0.15) is 0 Å². The lowest BCUT2D eigenvalue weighted by Crippen LogP contribution is -2.40. The predicted molar refractivity (Wildman–Crippen MR) is 117 cm³/mol. The lowest BCUT2D eigenvalue weighted by atomic mass is 10.2. The normalized spacial score (nSPS) is 14.7. The summed E-state index contributed by atoms with van der Waals surface area (Å²) in [4.78, 5) is 2.41. The molecule has 0 amide bonds. The van der Waals surface area contributed by atoms with Gasteiger partial charge in [0.15, 0.2) is 11.5 Å². The third-order valence-electron chi connectivity index (χ3n) is 4.70. The summed E-state index contributed by atoms with van der Waals surface area (Å²) in [6.07, 6.45) is 0. The first kappa shape index (κ1) is 22.2. The number of morpholine rings is 1. The maximum absolute atomic E-state index is 6.52. The third kappa shape index (κ3) is 7.05. The number of rotatable bonds is 10. The molecule has 1 aliphatic heterocycles. The molecule has 2 aromatic carbocycles. The van der Waals surface area contributed by atoms with E-state index in [2.05, 4.69) is 10.2 Å². The summed E-state index contributed by atoms with van der Waals surface area (Å²) in [7, 11) is 0. The van der Waals surface area contributed by atoms with E-state index >= 15 is 0 Å². The van der Waals surface area contributed by atoms with Crippen LogP contribution in [0.25, 0.3) is 0 Å². The highest BCUT2D eigenvalue weighted by molar-refractivity contribution is 6.32. The number of halogens is 2. The Labute approximate surface area is 182 Å². The van der Waals surface area contributed by atoms with Crippen molar-refractivity contribution in [2.24, 2.45) is 0 Å². The molecule has 0 bridgehead atoms. The average Bonchev–Trinajstić information content (AvgIpc) is 2.73. The molecular weight excluding hydrogens is 411 g/mol. The van der Waals surface area contributed by atoms with E-state index in [4.69, 9.17) is 37.4 Å². The Morgan fingerprint density at radius 2 is 1.79 bits per heavy atom. The number of benzene rings is 2. The molecule has 0 atom stereocenters. The molecule has 1 fully saturated rings. The van der Waals surface area contributed by atoms with Gasteiger partial charge >= 0.3 is 0 Å². The van der Waals surface area contributed by atoms with E-state index in [1.165, 1.54) is 0 Å². The number of nitrogens with zero attached hydrogens (tertiary/aromatic N) is 1. The predicted octanol–water partition coefficient (Wildman–Crippen LogP) is 4.39. The van der Waals surface area contributed by atoms with Gasteiger partial charge in [-0.25, -0.2) is 0 Å². The molecule has 0 spiro atoms. The van der Waals surface area contributed by atoms with E-state index < -0.39 is 0 Å². The Balaban J connectivity index is 1.57. The van der Waals surface area contributed by atoms with Gasteiger partial charge in [-0.1, -0.05) is 35.3 Å². The fraction of sp³-hybridized carbons (Fsp3) is 0.455. The number of ether oxygens (including phenoxy) is 3. The second-order valence-electron chi connectivity index (χ2n) is 6.88. The zero-order valence-electron chi connectivity index (χ0n) is 16.8. The quantitative estimate of drug-likeness (QED) is 0.557. The van der Waals surface area contributed by atoms with E-state index in [0.717, 1.165) is 57.1 Å². The lowest BCUT2D eigenvalue weighted by Gasteiger charge is -2.26. The highest BCUT2D eigenvalue weighted by atomic mass is 35.5. The highest BCUT2D eigenvalue weighted by Crippen LogP contribution is 2.37. The molecule has 29 heavy (non-hydrogen) atoms. The molecule has 0 unspecified atom stereocenters. The molecule has 158 valence electrons. The van der Waals surface area contributed by atoms with E-state index in [0.29, 0.717) is 34.8 Å². The molecule has 1 saturated heterocycles. The van der Waals surface area contributed by atoms with E-state index in [-0.39, 0.29) is 0 Å². The van der Waals surface area contributed by atoms with Gasteiger partial charge in [0, 0.05) is 37.7 Å². The SMILES string of the molecule is CCOc1cc(CNCCN2CCOCC2)cc(Cl)c1OCc1ccc(Cl)cc1. The standard InChI is InChI=1S/C22H28Cl2N2O3/c1-2-28-21-14-18(15-25-7-8-26-9-11-27-12-10-26)13-20(24)22(21)29-16-17-3-5-19(23)6-4-17/h3-6,13-14,25H,2,7-12,15-16H2,1H3. The molecule has 0 aliphatic carbocycles. The first-order chi connectivity index (χ1) is 14.2. The molecule has 3 rings (SSSR count). The van der Waals surface area contributed by atoms with E-state index in [9.17, 15) is 0 Å². The maximum Gasteiger partial charge on any atom is 0.180 e. The summed E-state index contributed by atoms with van der Waals surface area (Å²) in [5.41, 5.74) is 2.08. The molecule has 2 aromatic rings. The zero-order valence-corrected chi connectivity index (χ0v) is 18.3. The van der Waals surface area contributed by atoms with E-state index in [1.807, 2.05) is 43.3 Å². The van der Waals surface area contributed by atoms with Crippen LogP contribution in [0.2, 0.25) is 10.0 Å². The van der Waals surface area contributed by atoms with Crippen molar-refractivity contribution in [2.75, 3.05) is 46.0 Å². The van der Waals surface area contributed by atoms with Gasteiger partial charge in [-0.05, 0) is 42.3 Å². The number of nitrogens with one attached hydrogen (secondary N) is 1. The molecule has 1 N–H and O–H groups in total. The second kappa shape index (κ2) is 11.6. The van der Waals surface area contributed by atoms with Crippen molar-refractivity contribution in [2.45, 2.75) is 20.1 Å². The summed E-state index contributed by atoms with van der Waals surface area (Å²) in [6.45, 7) is 9.19. The Morgan fingerprint density at radius 3 is 2.52 bits per heavy atom. The minimum Gasteiger partial charge on any atom is -0.490 e. The van der Waals surface area contributed by atoms with Crippen molar-refractivity contribution in [1.82, 2.24) is 10.2 Å². The van der Waals surface area contributed by atoms with Gasteiger partial charge < -0.3 is 19.5 Å². The van der Waals surface area contributed by atoms with Crippen LogP contribution < -0.4 is 14.8 Å². The third-order valence-corrected chi connectivity index (χ3v) is 5.24. The number of hydrogen-bond acceptors (Lipinski definition) is 5. The van der Waals surface area contributed by atoms with Crippen molar-refractivity contribution < 1.29 is 14.2 Å². The summed E-state index contributed by atoms with van der Waals surface area (Å²) >= 11 is 12.5. The van der Waals surface area contributed by atoms with Gasteiger partial charge in [0.25, 0.3) is 0 Å². The molecule has 0 aromatic heterocycles. The largest absolute Gasteiger partial charge is 0.490 e. The monoisotopic (exact) mass is 438 g/mol. The van der Waals surface area contributed by atoms with Crippen LogP contribution in [0.4, 0.5) is 0 Å². The van der Waals surface area contributed by atoms with Gasteiger partial charge in [-0.3, -0.25) is 4.90 Å². The average molecular weight is 439 g/mol. The van der Waals surface area contributed by atoms with Crippen molar-refractivity contribution >= 4 is 23.2 Å². The van der Waals surface area contributed by atoms with E-state index in [1.54, 1.807) is 0 Å². The molecule has 1 aliphatic rings. The molecular formula is C22H28Cl2N2O3.